The summed E-state index contributed by atoms with van der Waals surface area (Å²) in [7, 11) is 3.11. The Kier molecular flexibility index (Phi) is 8.37. The van der Waals surface area contributed by atoms with Gasteiger partial charge in [-0.25, -0.2) is 4.39 Å². The number of carbonyl (C=O) groups excluding carboxylic acids is 2. The molecule has 4 rings (SSSR count). The van der Waals surface area contributed by atoms with Crippen molar-refractivity contribution in [3.8, 4) is 23.0 Å². The van der Waals surface area contributed by atoms with Crippen LogP contribution in [0, 0.1) is 11.2 Å². The van der Waals surface area contributed by atoms with Gasteiger partial charge in [0.05, 0.1) is 25.3 Å². The average Bonchev–Trinajstić information content (AvgIpc) is 2.93. The first-order valence-electron chi connectivity index (χ1n) is 13.4. The molecule has 0 saturated heterocycles. The van der Waals surface area contributed by atoms with Crippen LogP contribution >= 0.6 is 0 Å². The van der Waals surface area contributed by atoms with Crippen molar-refractivity contribution < 1.29 is 33.3 Å². The topological polar surface area (TPSA) is 85.3 Å². The Balaban J connectivity index is 1.70. The second-order valence-corrected chi connectivity index (χ2v) is 11.0. The molecule has 1 N–H and O–H groups in total. The number of aromatic hydroxyl groups is 1. The molecule has 0 aromatic heterocycles. The van der Waals surface area contributed by atoms with Crippen molar-refractivity contribution in [1.82, 2.24) is 0 Å². The molecule has 0 heterocycles. The monoisotopic (exact) mass is 549 g/mol. The molecule has 3 aromatic rings. The van der Waals surface area contributed by atoms with Crippen molar-refractivity contribution in [2.24, 2.45) is 5.41 Å². The highest BCUT2D eigenvalue weighted by Gasteiger charge is 2.29. The summed E-state index contributed by atoms with van der Waals surface area (Å²) in [5.74, 6) is -0.419. The van der Waals surface area contributed by atoms with E-state index >= 15 is 0 Å². The summed E-state index contributed by atoms with van der Waals surface area (Å²) in [5.41, 5.74) is 3.37. The molecule has 40 heavy (non-hydrogen) atoms. The SMILES string of the molecule is CCN(C(=O)c1ccc(O)c(F)c1)c1cc(OC)c(OC)cc1C1CCc2cc(OC(=O)C(C)(C)C)ccc2C1. The van der Waals surface area contributed by atoms with Gasteiger partial charge in [-0.15, -0.1) is 0 Å². The number of amides is 1. The van der Waals surface area contributed by atoms with E-state index in [0.29, 0.717) is 35.9 Å². The molecule has 0 saturated carbocycles. The number of ether oxygens (including phenoxy) is 3. The van der Waals surface area contributed by atoms with Crippen LogP contribution in [0.4, 0.5) is 10.1 Å². The molecular weight excluding hydrogens is 513 g/mol. The zero-order chi connectivity index (χ0) is 29.2. The Morgan fingerprint density at radius 3 is 2.33 bits per heavy atom. The first-order valence-corrected chi connectivity index (χ1v) is 13.4. The lowest BCUT2D eigenvalue weighted by Crippen LogP contribution is -2.32. The molecule has 1 amide bonds. The van der Waals surface area contributed by atoms with Crippen molar-refractivity contribution in [2.45, 2.75) is 52.9 Å². The smallest absolute Gasteiger partial charge is 0.316 e. The second kappa shape index (κ2) is 11.6. The highest BCUT2D eigenvalue weighted by Crippen LogP contribution is 2.44. The fourth-order valence-corrected chi connectivity index (χ4v) is 4.98. The highest BCUT2D eigenvalue weighted by molar-refractivity contribution is 6.06. The van der Waals surface area contributed by atoms with Gasteiger partial charge in [-0.3, -0.25) is 9.59 Å². The minimum Gasteiger partial charge on any atom is -0.505 e. The number of phenols is 1. The molecule has 3 aromatic carbocycles. The van der Waals surface area contributed by atoms with Crippen molar-refractivity contribution >= 4 is 17.6 Å². The molecule has 0 radical (unpaired) electrons. The minimum absolute atomic E-state index is 0.0590. The van der Waals surface area contributed by atoms with E-state index in [1.54, 1.807) is 18.1 Å². The van der Waals surface area contributed by atoms with Crippen LogP contribution in [-0.2, 0) is 17.6 Å². The summed E-state index contributed by atoms with van der Waals surface area (Å²) >= 11 is 0. The summed E-state index contributed by atoms with van der Waals surface area (Å²) < 4.78 is 30.9. The van der Waals surface area contributed by atoms with E-state index in [2.05, 4.69) is 0 Å². The lowest BCUT2D eigenvalue weighted by atomic mass is 9.79. The van der Waals surface area contributed by atoms with Gasteiger partial charge < -0.3 is 24.2 Å². The van der Waals surface area contributed by atoms with Gasteiger partial charge in [0.15, 0.2) is 23.1 Å². The predicted octanol–water partition coefficient (Wildman–Crippen LogP) is 6.44. The third kappa shape index (κ3) is 5.91. The molecule has 0 spiro atoms. The van der Waals surface area contributed by atoms with Crippen LogP contribution in [0.2, 0.25) is 0 Å². The highest BCUT2D eigenvalue weighted by atomic mass is 19.1. The van der Waals surface area contributed by atoms with Crippen LogP contribution < -0.4 is 19.1 Å². The number of esters is 1. The molecule has 1 aliphatic carbocycles. The standard InChI is InChI=1S/C32H36FNO6/c1-7-34(30(36)22-11-13-27(35)25(33)16-22)26-18-29(39-6)28(38-5)17-24(26)21-9-8-20-15-23(12-10-19(20)14-21)40-31(37)32(2,3)4/h10-13,15-18,21,35H,7-9,14H2,1-6H3. The van der Waals surface area contributed by atoms with Gasteiger partial charge in [-0.2, -0.15) is 0 Å². The predicted molar refractivity (Wildman–Crippen MR) is 151 cm³/mol. The van der Waals surface area contributed by atoms with Gasteiger partial charge in [-0.05, 0) is 106 Å². The molecule has 7 nitrogen and oxygen atoms in total. The Morgan fingerprint density at radius 2 is 1.70 bits per heavy atom. The maximum Gasteiger partial charge on any atom is 0.316 e. The summed E-state index contributed by atoms with van der Waals surface area (Å²) in [6.07, 6.45) is 2.27. The zero-order valence-electron chi connectivity index (χ0n) is 23.8. The van der Waals surface area contributed by atoms with Gasteiger partial charge in [-0.1, -0.05) is 6.07 Å². The van der Waals surface area contributed by atoms with Crippen LogP contribution in [0.5, 0.6) is 23.0 Å². The Labute approximate surface area is 234 Å². The average molecular weight is 550 g/mol. The van der Waals surface area contributed by atoms with E-state index in [4.69, 9.17) is 14.2 Å². The van der Waals surface area contributed by atoms with E-state index in [1.165, 1.54) is 19.2 Å². The maximum atomic E-state index is 14.1. The third-order valence-corrected chi connectivity index (χ3v) is 7.25. The Morgan fingerprint density at radius 1 is 1.00 bits per heavy atom. The van der Waals surface area contributed by atoms with Gasteiger partial charge >= 0.3 is 5.97 Å². The summed E-state index contributed by atoms with van der Waals surface area (Å²) in [6, 6.07) is 13.1. The Bertz CT molecular complexity index is 1430. The number of hydrogen-bond donors (Lipinski definition) is 1. The lowest BCUT2D eigenvalue weighted by Gasteiger charge is -2.31. The quantitative estimate of drug-likeness (QED) is 0.270. The van der Waals surface area contributed by atoms with Gasteiger partial charge in [0.1, 0.15) is 5.75 Å². The Hall–Kier alpha value is -4.07. The number of methoxy groups -OCH3 is 2. The van der Waals surface area contributed by atoms with Gasteiger partial charge in [0.2, 0.25) is 0 Å². The molecular formula is C32H36FNO6. The van der Waals surface area contributed by atoms with E-state index in [0.717, 1.165) is 35.6 Å². The number of hydrogen-bond acceptors (Lipinski definition) is 6. The molecule has 0 bridgehead atoms. The number of rotatable bonds is 7. The number of nitrogens with zero attached hydrogens (tertiary/aromatic N) is 1. The van der Waals surface area contributed by atoms with Crippen LogP contribution in [0.1, 0.15) is 67.1 Å². The number of halogens is 1. The van der Waals surface area contributed by atoms with Crippen molar-refractivity contribution in [3.63, 3.8) is 0 Å². The van der Waals surface area contributed by atoms with Crippen molar-refractivity contribution in [3.05, 3.63) is 76.6 Å². The van der Waals surface area contributed by atoms with E-state index in [9.17, 15) is 19.1 Å². The number of fused-ring (bicyclic) bond motifs is 1. The lowest BCUT2D eigenvalue weighted by molar-refractivity contribution is -0.143. The number of phenolic OH excluding ortho intramolecular Hbond substituents is 1. The normalized spacial score (nSPS) is 14.7. The number of aryl methyl sites for hydroxylation is 1. The van der Waals surface area contributed by atoms with Gasteiger partial charge in [0, 0.05) is 18.2 Å². The fraction of sp³-hybridized carbons (Fsp3) is 0.375. The third-order valence-electron chi connectivity index (χ3n) is 7.25. The van der Waals surface area contributed by atoms with Crippen molar-refractivity contribution in [1.29, 1.82) is 0 Å². The number of benzene rings is 3. The molecule has 8 heteroatoms. The van der Waals surface area contributed by atoms with Crippen molar-refractivity contribution in [2.75, 3.05) is 25.7 Å². The molecule has 1 unspecified atom stereocenters. The fourth-order valence-electron chi connectivity index (χ4n) is 4.98. The summed E-state index contributed by atoms with van der Waals surface area (Å²) in [5, 5.41) is 9.60. The molecule has 0 aliphatic heterocycles. The summed E-state index contributed by atoms with van der Waals surface area (Å²) in [4.78, 5) is 27.5. The second-order valence-electron chi connectivity index (χ2n) is 11.0. The molecule has 0 fully saturated rings. The summed E-state index contributed by atoms with van der Waals surface area (Å²) in [6.45, 7) is 7.64. The number of anilines is 1. The van der Waals surface area contributed by atoms with Crippen LogP contribution in [0.15, 0.2) is 48.5 Å². The van der Waals surface area contributed by atoms with Gasteiger partial charge in [0.25, 0.3) is 5.91 Å². The molecule has 212 valence electrons. The molecule has 1 atom stereocenters. The first kappa shape index (κ1) is 28.9. The van der Waals surface area contributed by atoms with Crippen LogP contribution in [-0.4, -0.2) is 37.7 Å². The van der Waals surface area contributed by atoms with Crippen LogP contribution in [0.25, 0.3) is 0 Å². The van der Waals surface area contributed by atoms with E-state index in [1.807, 2.05) is 52.0 Å². The van der Waals surface area contributed by atoms with E-state index < -0.39 is 22.9 Å². The largest absolute Gasteiger partial charge is 0.505 e. The van der Waals surface area contributed by atoms with Crippen LogP contribution in [0.3, 0.4) is 0 Å². The minimum atomic E-state index is -0.856. The first-order chi connectivity index (χ1) is 19.0. The zero-order valence-corrected chi connectivity index (χ0v) is 23.8. The number of carbonyl (C=O) groups is 2. The maximum absolute atomic E-state index is 14.1. The molecule has 1 aliphatic rings. The van der Waals surface area contributed by atoms with E-state index in [-0.39, 0.29) is 17.5 Å².